The number of hydrogen-bond acceptors (Lipinski definition) is 6. The molecule has 0 saturated carbocycles. The molecule has 0 aliphatic rings. The zero-order valence-electron chi connectivity index (χ0n) is 15.1. The van der Waals surface area contributed by atoms with Crippen molar-refractivity contribution in [1.29, 1.82) is 0 Å². The van der Waals surface area contributed by atoms with E-state index in [9.17, 15) is 9.59 Å². The van der Waals surface area contributed by atoms with Crippen molar-refractivity contribution in [3.05, 3.63) is 56.4 Å². The fraction of sp³-hybridized carbons (Fsp3) is 0.316. The van der Waals surface area contributed by atoms with E-state index in [1.165, 1.54) is 11.3 Å². The Kier molecular flexibility index (Phi) is 5.08. The van der Waals surface area contributed by atoms with Crippen LogP contribution in [-0.4, -0.2) is 22.5 Å². The van der Waals surface area contributed by atoms with E-state index in [-0.39, 0.29) is 5.56 Å². The van der Waals surface area contributed by atoms with Crippen molar-refractivity contribution in [3.63, 3.8) is 0 Å². The molecule has 1 atom stereocenters. The number of rotatable bonds is 5. The van der Waals surface area contributed by atoms with Gasteiger partial charge in [-0.1, -0.05) is 12.1 Å². The zero-order chi connectivity index (χ0) is 18.8. The van der Waals surface area contributed by atoms with Gasteiger partial charge >= 0.3 is 5.97 Å². The van der Waals surface area contributed by atoms with Crippen LogP contribution in [0.3, 0.4) is 0 Å². The summed E-state index contributed by atoms with van der Waals surface area (Å²) in [7, 11) is 0. The monoisotopic (exact) mass is 372 g/mol. The molecule has 0 spiro atoms. The van der Waals surface area contributed by atoms with Crippen LogP contribution in [0.2, 0.25) is 0 Å². The maximum atomic E-state index is 12.5. The predicted octanol–water partition coefficient (Wildman–Crippen LogP) is 3.92. The van der Waals surface area contributed by atoms with Gasteiger partial charge in [-0.05, 0) is 45.4 Å². The molecule has 26 heavy (non-hydrogen) atoms. The smallest absolute Gasteiger partial charge is 0.342 e. The molecule has 1 unspecified atom stereocenters. The molecule has 0 fully saturated rings. The number of nitrogens with one attached hydrogen (secondary N) is 1. The van der Waals surface area contributed by atoms with Crippen LogP contribution in [0.25, 0.3) is 10.2 Å². The fourth-order valence-corrected chi connectivity index (χ4v) is 3.70. The van der Waals surface area contributed by atoms with Gasteiger partial charge in [0.15, 0.2) is 11.9 Å². The summed E-state index contributed by atoms with van der Waals surface area (Å²) in [4.78, 5) is 33.8. The highest BCUT2D eigenvalue weighted by atomic mass is 32.1. The number of benzene rings is 1. The standard InChI is InChI=1S/C19H20N2O4S/c1-5-24-14-9-7-6-8-13(14)19(23)25-11(3)16-20-17(22)15-10(2)12(4)26-18(15)21-16/h6-9,11H,5H2,1-4H3,(H,20,21,22). The second kappa shape index (κ2) is 7.29. The number of carbonyl (C=O) groups is 1. The average Bonchev–Trinajstić information content (AvgIpc) is 2.90. The number of aromatic nitrogens is 2. The van der Waals surface area contributed by atoms with E-state index in [2.05, 4.69) is 9.97 Å². The topological polar surface area (TPSA) is 81.3 Å². The number of aryl methyl sites for hydroxylation is 2. The molecule has 1 N–H and O–H groups in total. The van der Waals surface area contributed by atoms with Crippen molar-refractivity contribution in [2.45, 2.75) is 33.8 Å². The highest BCUT2D eigenvalue weighted by Crippen LogP contribution is 2.27. The number of ether oxygens (including phenoxy) is 2. The Morgan fingerprint density at radius 1 is 1.31 bits per heavy atom. The first-order valence-electron chi connectivity index (χ1n) is 8.35. The molecule has 2 aromatic heterocycles. The number of aromatic amines is 1. The minimum absolute atomic E-state index is 0.218. The summed E-state index contributed by atoms with van der Waals surface area (Å²) < 4.78 is 11.0. The van der Waals surface area contributed by atoms with Gasteiger partial charge in [-0.25, -0.2) is 9.78 Å². The normalized spacial score (nSPS) is 12.2. The number of fused-ring (bicyclic) bond motifs is 1. The Labute approximate surface area is 154 Å². The van der Waals surface area contributed by atoms with E-state index in [1.807, 2.05) is 20.8 Å². The van der Waals surface area contributed by atoms with Crippen LogP contribution >= 0.6 is 11.3 Å². The average molecular weight is 372 g/mol. The first kappa shape index (κ1) is 18.1. The molecule has 0 aliphatic heterocycles. The van der Waals surface area contributed by atoms with Crippen LogP contribution in [0.15, 0.2) is 29.1 Å². The van der Waals surface area contributed by atoms with Crippen molar-refractivity contribution in [3.8, 4) is 5.75 Å². The Bertz CT molecular complexity index is 1020. The molecular formula is C19H20N2O4S. The third-order valence-corrected chi connectivity index (χ3v) is 5.23. The lowest BCUT2D eigenvalue weighted by Gasteiger charge is -2.14. The lowest BCUT2D eigenvalue weighted by Crippen LogP contribution is -2.17. The molecule has 0 bridgehead atoms. The molecular weight excluding hydrogens is 352 g/mol. The summed E-state index contributed by atoms with van der Waals surface area (Å²) in [5.41, 5.74) is 1.05. The molecule has 2 heterocycles. The summed E-state index contributed by atoms with van der Waals surface area (Å²) in [6, 6.07) is 6.90. The van der Waals surface area contributed by atoms with Crippen LogP contribution < -0.4 is 10.3 Å². The Morgan fingerprint density at radius 2 is 2.04 bits per heavy atom. The van der Waals surface area contributed by atoms with E-state index in [0.29, 0.717) is 34.0 Å². The summed E-state index contributed by atoms with van der Waals surface area (Å²) in [5, 5.41) is 0.594. The van der Waals surface area contributed by atoms with Crippen molar-refractivity contribution >= 4 is 27.5 Å². The van der Waals surface area contributed by atoms with E-state index < -0.39 is 12.1 Å². The number of para-hydroxylation sites is 1. The quantitative estimate of drug-likeness (QED) is 0.687. The van der Waals surface area contributed by atoms with E-state index in [1.54, 1.807) is 31.2 Å². The number of H-pyrrole nitrogens is 1. The largest absolute Gasteiger partial charge is 0.493 e. The lowest BCUT2D eigenvalue weighted by molar-refractivity contribution is 0.0316. The minimum Gasteiger partial charge on any atom is -0.493 e. The van der Waals surface area contributed by atoms with Gasteiger partial charge in [-0.3, -0.25) is 4.79 Å². The Morgan fingerprint density at radius 3 is 2.77 bits per heavy atom. The number of thiophene rings is 1. The SMILES string of the molecule is CCOc1ccccc1C(=O)OC(C)c1nc2sc(C)c(C)c2c(=O)[nH]1. The van der Waals surface area contributed by atoms with E-state index in [4.69, 9.17) is 9.47 Å². The molecule has 0 amide bonds. The molecule has 1 aromatic carbocycles. The molecule has 6 nitrogen and oxygen atoms in total. The molecule has 0 saturated heterocycles. The van der Waals surface area contributed by atoms with Gasteiger partial charge in [0.2, 0.25) is 0 Å². The van der Waals surface area contributed by atoms with Gasteiger partial charge in [0.1, 0.15) is 16.1 Å². The van der Waals surface area contributed by atoms with Gasteiger partial charge in [-0.15, -0.1) is 11.3 Å². The molecule has 136 valence electrons. The molecule has 3 aromatic rings. The van der Waals surface area contributed by atoms with E-state index >= 15 is 0 Å². The maximum Gasteiger partial charge on any atom is 0.342 e. The van der Waals surface area contributed by atoms with Gasteiger partial charge < -0.3 is 14.5 Å². The van der Waals surface area contributed by atoms with E-state index in [0.717, 1.165) is 10.4 Å². The lowest BCUT2D eigenvalue weighted by atomic mass is 10.2. The van der Waals surface area contributed by atoms with Gasteiger partial charge in [0.05, 0.1) is 12.0 Å². The Hall–Kier alpha value is -2.67. The Balaban J connectivity index is 1.89. The first-order chi connectivity index (χ1) is 12.4. The van der Waals surface area contributed by atoms with Crippen molar-refractivity contribution in [2.75, 3.05) is 6.61 Å². The predicted molar refractivity (Wildman–Crippen MR) is 101 cm³/mol. The summed E-state index contributed by atoms with van der Waals surface area (Å²) in [6.45, 7) is 7.83. The second-order valence-corrected chi connectivity index (χ2v) is 7.09. The second-order valence-electron chi connectivity index (χ2n) is 5.89. The third kappa shape index (κ3) is 3.35. The van der Waals surface area contributed by atoms with Gasteiger partial charge in [0, 0.05) is 4.88 Å². The fourth-order valence-electron chi connectivity index (χ4n) is 2.66. The zero-order valence-corrected chi connectivity index (χ0v) is 15.9. The maximum absolute atomic E-state index is 12.5. The van der Waals surface area contributed by atoms with Crippen molar-refractivity contribution in [2.24, 2.45) is 0 Å². The third-order valence-electron chi connectivity index (χ3n) is 4.13. The number of hydrogen-bond donors (Lipinski definition) is 1. The summed E-state index contributed by atoms with van der Waals surface area (Å²) in [6.07, 6.45) is -0.697. The van der Waals surface area contributed by atoms with Crippen molar-refractivity contribution in [1.82, 2.24) is 9.97 Å². The summed E-state index contributed by atoms with van der Waals surface area (Å²) >= 11 is 1.46. The molecule has 0 aliphatic carbocycles. The molecule has 3 rings (SSSR count). The number of carbonyl (C=O) groups excluding carboxylic acids is 1. The molecule has 0 radical (unpaired) electrons. The minimum atomic E-state index is -0.697. The van der Waals surface area contributed by atoms with Crippen LogP contribution in [0, 0.1) is 13.8 Å². The highest BCUT2D eigenvalue weighted by Gasteiger charge is 2.21. The summed E-state index contributed by atoms with van der Waals surface area (Å²) in [5.74, 6) is 0.266. The number of esters is 1. The van der Waals surface area contributed by atoms with Crippen LogP contribution in [0.4, 0.5) is 0 Å². The first-order valence-corrected chi connectivity index (χ1v) is 9.16. The molecule has 7 heteroatoms. The van der Waals surface area contributed by atoms with Crippen LogP contribution in [0.1, 0.15) is 46.6 Å². The number of nitrogens with zero attached hydrogens (tertiary/aromatic N) is 1. The highest BCUT2D eigenvalue weighted by molar-refractivity contribution is 7.18. The van der Waals surface area contributed by atoms with Crippen LogP contribution in [-0.2, 0) is 4.74 Å². The van der Waals surface area contributed by atoms with Crippen LogP contribution in [0.5, 0.6) is 5.75 Å². The van der Waals surface area contributed by atoms with Gasteiger partial charge in [-0.2, -0.15) is 0 Å². The van der Waals surface area contributed by atoms with Crippen molar-refractivity contribution < 1.29 is 14.3 Å². The van der Waals surface area contributed by atoms with Gasteiger partial charge in [0.25, 0.3) is 5.56 Å².